The molecule has 84 valence electrons. The third-order valence-corrected chi connectivity index (χ3v) is 2.46. The van der Waals surface area contributed by atoms with Crippen LogP contribution in [0.4, 0.5) is 0 Å². The molecule has 0 unspecified atom stereocenters. The minimum Gasteiger partial charge on any atom is -0.355 e. The van der Waals surface area contributed by atoms with Gasteiger partial charge in [0.2, 0.25) is 5.91 Å². The second-order valence-corrected chi connectivity index (χ2v) is 3.65. The molecule has 0 aromatic carbocycles. The molecule has 0 aromatic heterocycles. The fraction of sp³-hybridized carbons (Fsp3) is 0.727. The van der Waals surface area contributed by atoms with Crippen molar-refractivity contribution >= 4 is 5.91 Å². The van der Waals surface area contributed by atoms with E-state index in [0.29, 0.717) is 12.8 Å². The number of rotatable bonds is 5. The summed E-state index contributed by atoms with van der Waals surface area (Å²) in [5.74, 6) is 2.52. The SMILES string of the molecule is C#CCCC(=O)NCCN1CCNCC1. The number of nitrogens with zero attached hydrogens (tertiary/aromatic N) is 1. The van der Waals surface area contributed by atoms with E-state index in [2.05, 4.69) is 21.5 Å². The van der Waals surface area contributed by atoms with E-state index in [1.807, 2.05) is 0 Å². The monoisotopic (exact) mass is 209 g/mol. The minimum absolute atomic E-state index is 0.0584. The Morgan fingerprint density at radius 3 is 2.87 bits per heavy atom. The van der Waals surface area contributed by atoms with E-state index in [1.54, 1.807) is 0 Å². The van der Waals surface area contributed by atoms with E-state index in [4.69, 9.17) is 6.42 Å². The lowest BCUT2D eigenvalue weighted by Gasteiger charge is -2.27. The van der Waals surface area contributed by atoms with Crippen LogP contribution in [0.2, 0.25) is 0 Å². The van der Waals surface area contributed by atoms with Crippen LogP contribution in [0.3, 0.4) is 0 Å². The molecule has 1 amide bonds. The maximum Gasteiger partial charge on any atom is 0.220 e. The topological polar surface area (TPSA) is 44.4 Å². The lowest BCUT2D eigenvalue weighted by atomic mass is 10.3. The van der Waals surface area contributed by atoms with Gasteiger partial charge in [-0.3, -0.25) is 9.69 Å². The highest BCUT2D eigenvalue weighted by Crippen LogP contribution is 1.90. The van der Waals surface area contributed by atoms with Gasteiger partial charge in [-0.15, -0.1) is 12.3 Å². The van der Waals surface area contributed by atoms with Gasteiger partial charge in [-0.05, 0) is 0 Å². The van der Waals surface area contributed by atoms with Crippen LogP contribution in [0.25, 0.3) is 0 Å². The highest BCUT2D eigenvalue weighted by atomic mass is 16.1. The molecule has 2 N–H and O–H groups in total. The third kappa shape index (κ3) is 5.40. The van der Waals surface area contributed by atoms with Gasteiger partial charge >= 0.3 is 0 Å². The number of carbonyl (C=O) groups excluding carboxylic acids is 1. The van der Waals surface area contributed by atoms with Crippen molar-refractivity contribution in [3.63, 3.8) is 0 Å². The van der Waals surface area contributed by atoms with Crippen molar-refractivity contribution in [3.05, 3.63) is 0 Å². The maximum atomic E-state index is 11.2. The second kappa shape index (κ2) is 7.27. The zero-order chi connectivity index (χ0) is 10.9. The van der Waals surface area contributed by atoms with Crippen molar-refractivity contribution in [1.82, 2.24) is 15.5 Å². The van der Waals surface area contributed by atoms with Crippen molar-refractivity contribution in [2.75, 3.05) is 39.3 Å². The van der Waals surface area contributed by atoms with Gasteiger partial charge in [0.05, 0.1) is 0 Å². The van der Waals surface area contributed by atoms with Crippen LogP contribution in [0.1, 0.15) is 12.8 Å². The van der Waals surface area contributed by atoms with Crippen molar-refractivity contribution in [2.24, 2.45) is 0 Å². The molecule has 1 fully saturated rings. The highest BCUT2D eigenvalue weighted by Gasteiger charge is 2.08. The van der Waals surface area contributed by atoms with Crippen LogP contribution in [-0.4, -0.2) is 50.1 Å². The van der Waals surface area contributed by atoms with Gasteiger partial charge in [0, 0.05) is 52.1 Å². The van der Waals surface area contributed by atoms with E-state index >= 15 is 0 Å². The fourth-order valence-electron chi connectivity index (χ4n) is 1.56. The van der Waals surface area contributed by atoms with Crippen LogP contribution in [-0.2, 0) is 4.79 Å². The van der Waals surface area contributed by atoms with Crippen molar-refractivity contribution < 1.29 is 4.79 Å². The lowest BCUT2D eigenvalue weighted by molar-refractivity contribution is -0.121. The summed E-state index contributed by atoms with van der Waals surface area (Å²) in [5, 5.41) is 6.16. The van der Waals surface area contributed by atoms with Gasteiger partial charge in [-0.25, -0.2) is 0 Å². The molecule has 1 heterocycles. The quantitative estimate of drug-likeness (QED) is 0.596. The van der Waals surface area contributed by atoms with Gasteiger partial charge in [0.15, 0.2) is 0 Å². The van der Waals surface area contributed by atoms with Gasteiger partial charge in [-0.1, -0.05) is 0 Å². The predicted molar refractivity (Wildman–Crippen MR) is 60.4 cm³/mol. The van der Waals surface area contributed by atoms with Crippen LogP contribution in [0, 0.1) is 12.3 Å². The first-order valence-corrected chi connectivity index (χ1v) is 5.46. The first kappa shape index (κ1) is 12.0. The number of nitrogens with one attached hydrogen (secondary N) is 2. The van der Waals surface area contributed by atoms with Gasteiger partial charge < -0.3 is 10.6 Å². The van der Waals surface area contributed by atoms with Crippen LogP contribution in [0.15, 0.2) is 0 Å². The Hall–Kier alpha value is -1.05. The Balaban J connectivity index is 2.00. The average molecular weight is 209 g/mol. The standard InChI is InChI=1S/C11H19N3O/c1-2-3-4-11(15)13-7-10-14-8-5-12-6-9-14/h1,12H,3-10H2,(H,13,15). The van der Waals surface area contributed by atoms with Crippen molar-refractivity contribution in [3.8, 4) is 12.3 Å². The smallest absolute Gasteiger partial charge is 0.220 e. The zero-order valence-corrected chi connectivity index (χ0v) is 9.09. The number of hydrogen-bond acceptors (Lipinski definition) is 3. The van der Waals surface area contributed by atoms with Crippen LogP contribution < -0.4 is 10.6 Å². The molecule has 0 radical (unpaired) electrons. The Labute approximate surface area is 91.4 Å². The maximum absolute atomic E-state index is 11.2. The first-order valence-electron chi connectivity index (χ1n) is 5.46. The van der Waals surface area contributed by atoms with E-state index in [9.17, 15) is 4.79 Å². The Kier molecular flexibility index (Phi) is 5.83. The highest BCUT2D eigenvalue weighted by molar-refractivity contribution is 5.76. The Morgan fingerprint density at radius 1 is 1.47 bits per heavy atom. The van der Waals surface area contributed by atoms with Crippen LogP contribution in [0.5, 0.6) is 0 Å². The molecular weight excluding hydrogens is 190 g/mol. The van der Waals surface area contributed by atoms with Crippen molar-refractivity contribution in [2.45, 2.75) is 12.8 Å². The molecule has 4 heteroatoms. The number of carbonyl (C=O) groups is 1. The fourth-order valence-corrected chi connectivity index (χ4v) is 1.56. The van der Waals surface area contributed by atoms with E-state index in [-0.39, 0.29) is 5.91 Å². The Morgan fingerprint density at radius 2 is 2.20 bits per heavy atom. The zero-order valence-electron chi connectivity index (χ0n) is 9.09. The Bertz CT molecular complexity index is 228. The number of piperazine rings is 1. The molecule has 0 bridgehead atoms. The lowest BCUT2D eigenvalue weighted by Crippen LogP contribution is -2.46. The number of terminal acetylenes is 1. The summed E-state index contributed by atoms with van der Waals surface area (Å²) in [4.78, 5) is 13.6. The summed E-state index contributed by atoms with van der Waals surface area (Å²) in [6.45, 7) is 5.89. The molecule has 0 atom stereocenters. The first-order chi connectivity index (χ1) is 7.33. The summed E-state index contributed by atoms with van der Waals surface area (Å²) >= 11 is 0. The molecule has 0 saturated carbocycles. The largest absolute Gasteiger partial charge is 0.355 e. The number of amides is 1. The van der Waals surface area contributed by atoms with E-state index in [0.717, 1.165) is 39.3 Å². The molecule has 15 heavy (non-hydrogen) atoms. The molecule has 1 aliphatic rings. The van der Waals surface area contributed by atoms with Gasteiger partial charge in [0.25, 0.3) is 0 Å². The summed E-state index contributed by atoms with van der Waals surface area (Å²) in [6, 6.07) is 0. The molecule has 0 spiro atoms. The molecule has 1 aliphatic heterocycles. The minimum atomic E-state index is 0.0584. The number of hydrogen-bond donors (Lipinski definition) is 2. The van der Waals surface area contributed by atoms with E-state index in [1.165, 1.54) is 0 Å². The second-order valence-electron chi connectivity index (χ2n) is 3.65. The summed E-state index contributed by atoms with van der Waals surface area (Å²) in [5.41, 5.74) is 0. The summed E-state index contributed by atoms with van der Waals surface area (Å²) < 4.78 is 0. The van der Waals surface area contributed by atoms with E-state index < -0.39 is 0 Å². The van der Waals surface area contributed by atoms with Gasteiger partial charge in [0.1, 0.15) is 0 Å². The normalized spacial score (nSPS) is 17.0. The predicted octanol–water partition coefficient (Wildman–Crippen LogP) is -0.579. The van der Waals surface area contributed by atoms with Crippen LogP contribution >= 0.6 is 0 Å². The molecule has 1 saturated heterocycles. The third-order valence-electron chi connectivity index (χ3n) is 2.46. The molecular formula is C11H19N3O. The van der Waals surface area contributed by atoms with Crippen molar-refractivity contribution in [1.29, 1.82) is 0 Å². The molecule has 4 nitrogen and oxygen atoms in total. The molecule has 1 rings (SSSR count). The average Bonchev–Trinajstić information content (AvgIpc) is 2.28. The summed E-state index contributed by atoms with van der Waals surface area (Å²) in [6.07, 6.45) is 6.05. The summed E-state index contributed by atoms with van der Waals surface area (Å²) in [7, 11) is 0. The van der Waals surface area contributed by atoms with Gasteiger partial charge in [-0.2, -0.15) is 0 Å². The molecule has 0 aromatic rings. The molecule has 0 aliphatic carbocycles.